The lowest BCUT2D eigenvalue weighted by atomic mass is 9.91. The average Bonchev–Trinajstić information content (AvgIpc) is 2.68. The molecule has 2 aromatic carbocycles. The van der Waals surface area contributed by atoms with Crippen LogP contribution in [0.1, 0.15) is 22.7 Å². The van der Waals surface area contributed by atoms with E-state index >= 15 is 0 Å². The summed E-state index contributed by atoms with van der Waals surface area (Å²) < 4.78 is 0. The Bertz CT molecular complexity index is 937. The molecule has 1 atom stereocenters. The van der Waals surface area contributed by atoms with Crippen LogP contribution in [0.4, 0.5) is 0 Å². The summed E-state index contributed by atoms with van der Waals surface area (Å²) in [6.07, 6.45) is 2.37. The van der Waals surface area contributed by atoms with Gasteiger partial charge in [0, 0.05) is 24.7 Å². The summed E-state index contributed by atoms with van der Waals surface area (Å²) in [7, 11) is 0. The van der Waals surface area contributed by atoms with Crippen molar-refractivity contribution < 1.29 is 9.90 Å². The summed E-state index contributed by atoms with van der Waals surface area (Å²) in [4.78, 5) is 30.7. The van der Waals surface area contributed by atoms with Gasteiger partial charge in [0.15, 0.2) is 0 Å². The largest absolute Gasteiger partial charge is 0.508 e. The molecule has 138 valence electrons. The molecule has 1 heterocycles. The monoisotopic (exact) mass is 363 g/mol. The van der Waals surface area contributed by atoms with Gasteiger partial charge in [-0.15, -0.1) is 0 Å². The summed E-state index contributed by atoms with van der Waals surface area (Å²) in [5, 5.41) is 12.4. The average molecular weight is 363 g/mol. The van der Waals surface area contributed by atoms with E-state index in [0.29, 0.717) is 25.1 Å². The Hall–Kier alpha value is -3.41. The van der Waals surface area contributed by atoms with E-state index in [9.17, 15) is 14.7 Å². The summed E-state index contributed by atoms with van der Waals surface area (Å²) in [6, 6.07) is 17.9. The second-order valence-electron chi connectivity index (χ2n) is 6.28. The number of hydrogen-bond donors (Lipinski definition) is 3. The van der Waals surface area contributed by atoms with E-state index in [1.165, 1.54) is 12.4 Å². The second-order valence-corrected chi connectivity index (χ2v) is 6.28. The molecule has 1 aromatic heterocycles. The highest BCUT2D eigenvalue weighted by Crippen LogP contribution is 2.22. The summed E-state index contributed by atoms with van der Waals surface area (Å²) in [5.41, 5.74) is 2.32. The van der Waals surface area contributed by atoms with Gasteiger partial charge in [-0.1, -0.05) is 42.5 Å². The molecule has 1 unspecified atom stereocenters. The number of aromatic nitrogens is 2. The van der Waals surface area contributed by atoms with Crippen LogP contribution in [0.3, 0.4) is 0 Å². The van der Waals surface area contributed by atoms with Crippen LogP contribution in [0.25, 0.3) is 0 Å². The van der Waals surface area contributed by atoms with Crippen LogP contribution in [0, 0.1) is 0 Å². The minimum Gasteiger partial charge on any atom is -0.508 e. The molecule has 6 nitrogen and oxygen atoms in total. The first kappa shape index (κ1) is 18.4. The van der Waals surface area contributed by atoms with E-state index in [0.717, 1.165) is 11.1 Å². The molecule has 0 fully saturated rings. The number of carbonyl (C=O) groups excluding carboxylic acids is 1. The molecule has 3 N–H and O–H groups in total. The number of benzene rings is 2. The Labute approximate surface area is 156 Å². The fraction of sp³-hybridized carbons (Fsp3) is 0.190. The van der Waals surface area contributed by atoms with E-state index in [4.69, 9.17) is 0 Å². The molecule has 0 bridgehead atoms. The number of phenolic OH excluding ortho intramolecular Hbond substituents is 1. The number of hydrogen-bond acceptors (Lipinski definition) is 4. The molecule has 0 radical (unpaired) electrons. The first-order valence-electron chi connectivity index (χ1n) is 8.76. The van der Waals surface area contributed by atoms with E-state index in [1.54, 1.807) is 12.1 Å². The Kier molecular flexibility index (Phi) is 5.99. The van der Waals surface area contributed by atoms with Gasteiger partial charge in [-0.25, -0.2) is 4.98 Å². The standard InChI is InChI=1S/C21H21N3O3/c25-18-8-6-15(7-9-18)12-19(16-4-2-1-3-5-16)21(27)22-11-10-17-13-20(26)24-14-23-17/h1-9,13-14,19,25H,10-12H2,(H,22,27)(H,23,24,26). The number of phenols is 1. The summed E-state index contributed by atoms with van der Waals surface area (Å²) in [5.74, 6) is -0.230. The van der Waals surface area contributed by atoms with Gasteiger partial charge in [0.2, 0.25) is 5.91 Å². The van der Waals surface area contributed by atoms with Crippen molar-refractivity contribution in [3.05, 3.63) is 94.2 Å². The number of nitrogens with one attached hydrogen (secondary N) is 2. The zero-order chi connectivity index (χ0) is 19.1. The molecule has 3 aromatic rings. The zero-order valence-corrected chi connectivity index (χ0v) is 14.8. The van der Waals surface area contributed by atoms with E-state index in [-0.39, 0.29) is 23.1 Å². The lowest BCUT2D eigenvalue weighted by Crippen LogP contribution is -2.32. The number of amides is 1. The maximum Gasteiger partial charge on any atom is 0.250 e. The minimum atomic E-state index is -0.345. The Morgan fingerprint density at radius 3 is 2.56 bits per heavy atom. The van der Waals surface area contributed by atoms with Crippen molar-refractivity contribution in [3.8, 4) is 5.75 Å². The first-order valence-corrected chi connectivity index (χ1v) is 8.76. The maximum absolute atomic E-state index is 12.8. The zero-order valence-electron chi connectivity index (χ0n) is 14.8. The van der Waals surface area contributed by atoms with Crippen LogP contribution >= 0.6 is 0 Å². The number of aromatic amines is 1. The highest BCUT2D eigenvalue weighted by atomic mass is 16.3. The topological polar surface area (TPSA) is 95.1 Å². The van der Waals surface area contributed by atoms with Gasteiger partial charge in [-0.05, 0) is 29.7 Å². The predicted octanol–water partition coefficient (Wildman–Crippen LogP) is 2.16. The third kappa shape index (κ3) is 5.28. The quantitative estimate of drug-likeness (QED) is 0.599. The lowest BCUT2D eigenvalue weighted by Gasteiger charge is -2.17. The molecule has 27 heavy (non-hydrogen) atoms. The molecule has 0 saturated carbocycles. The molecule has 6 heteroatoms. The molecule has 0 aliphatic carbocycles. The van der Waals surface area contributed by atoms with E-state index in [1.807, 2.05) is 42.5 Å². The number of aromatic hydroxyl groups is 1. The van der Waals surface area contributed by atoms with Gasteiger partial charge in [0.25, 0.3) is 5.56 Å². The molecule has 3 rings (SSSR count). The van der Waals surface area contributed by atoms with Crippen LogP contribution in [-0.4, -0.2) is 27.5 Å². The minimum absolute atomic E-state index is 0.0842. The number of carbonyl (C=O) groups is 1. The van der Waals surface area contributed by atoms with Crippen molar-refractivity contribution in [1.82, 2.24) is 15.3 Å². The van der Waals surface area contributed by atoms with Gasteiger partial charge in [0.1, 0.15) is 5.75 Å². The van der Waals surface area contributed by atoms with Gasteiger partial charge >= 0.3 is 0 Å². The fourth-order valence-electron chi connectivity index (χ4n) is 2.90. The smallest absolute Gasteiger partial charge is 0.250 e. The number of H-pyrrole nitrogens is 1. The van der Waals surface area contributed by atoms with Crippen LogP contribution in [-0.2, 0) is 17.6 Å². The van der Waals surface area contributed by atoms with Gasteiger partial charge < -0.3 is 15.4 Å². The van der Waals surface area contributed by atoms with Crippen molar-refractivity contribution in [3.63, 3.8) is 0 Å². The van der Waals surface area contributed by atoms with Crippen LogP contribution in [0.15, 0.2) is 71.8 Å². The van der Waals surface area contributed by atoms with Crippen LogP contribution in [0.2, 0.25) is 0 Å². The number of rotatable bonds is 7. The molecule has 1 amide bonds. The predicted molar refractivity (Wildman–Crippen MR) is 103 cm³/mol. The van der Waals surface area contributed by atoms with Gasteiger partial charge in [-0.3, -0.25) is 9.59 Å². The van der Waals surface area contributed by atoms with Gasteiger partial charge in [-0.2, -0.15) is 0 Å². The third-order valence-electron chi connectivity index (χ3n) is 4.31. The Morgan fingerprint density at radius 1 is 1.11 bits per heavy atom. The molecule has 0 aliphatic heterocycles. The van der Waals surface area contributed by atoms with E-state index in [2.05, 4.69) is 15.3 Å². The highest BCUT2D eigenvalue weighted by Gasteiger charge is 2.20. The third-order valence-corrected chi connectivity index (χ3v) is 4.31. The van der Waals surface area contributed by atoms with Crippen molar-refractivity contribution in [1.29, 1.82) is 0 Å². The van der Waals surface area contributed by atoms with Crippen molar-refractivity contribution >= 4 is 5.91 Å². The Balaban J connectivity index is 1.68. The van der Waals surface area contributed by atoms with Crippen LogP contribution < -0.4 is 10.9 Å². The molecule has 0 saturated heterocycles. The maximum atomic E-state index is 12.8. The summed E-state index contributed by atoms with van der Waals surface area (Å²) in [6.45, 7) is 0.397. The van der Waals surface area contributed by atoms with Crippen molar-refractivity contribution in [2.75, 3.05) is 6.54 Å². The molecular formula is C21H21N3O3. The molecule has 0 spiro atoms. The second kappa shape index (κ2) is 8.80. The van der Waals surface area contributed by atoms with Crippen molar-refractivity contribution in [2.24, 2.45) is 0 Å². The Morgan fingerprint density at radius 2 is 1.85 bits per heavy atom. The SMILES string of the molecule is O=C(NCCc1cc(=O)[nH]cn1)C(Cc1ccc(O)cc1)c1ccccc1. The fourth-order valence-corrected chi connectivity index (χ4v) is 2.90. The highest BCUT2D eigenvalue weighted by molar-refractivity contribution is 5.84. The normalized spacial score (nSPS) is 11.7. The van der Waals surface area contributed by atoms with Crippen molar-refractivity contribution in [2.45, 2.75) is 18.8 Å². The molecular weight excluding hydrogens is 342 g/mol. The van der Waals surface area contributed by atoms with Gasteiger partial charge in [0.05, 0.1) is 12.2 Å². The molecule has 0 aliphatic rings. The lowest BCUT2D eigenvalue weighted by molar-refractivity contribution is -0.122. The first-order chi connectivity index (χ1) is 13.1. The van der Waals surface area contributed by atoms with E-state index < -0.39 is 0 Å². The summed E-state index contributed by atoms with van der Waals surface area (Å²) >= 11 is 0. The number of nitrogens with zero attached hydrogens (tertiary/aromatic N) is 1. The van der Waals surface area contributed by atoms with Crippen LogP contribution in [0.5, 0.6) is 5.75 Å².